The molecule has 0 radical (unpaired) electrons. The molecule has 2 saturated heterocycles. The van der Waals surface area contributed by atoms with E-state index < -0.39 is 0 Å². The first kappa shape index (κ1) is 14.1. The van der Waals surface area contributed by atoms with E-state index in [0.717, 1.165) is 50.7 Å². The number of rotatable bonds is 2. The van der Waals surface area contributed by atoms with Crippen LogP contribution in [0.2, 0.25) is 0 Å². The Hall–Kier alpha value is -2.27. The second-order valence-corrected chi connectivity index (χ2v) is 6.63. The lowest BCUT2D eigenvalue weighted by Gasteiger charge is -2.29. The van der Waals surface area contributed by atoms with Crippen molar-refractivity contribution in [2.24, 2.45) is 0 Å². The molecule has 5 rings (SSSR count). The quantitative estimate of drug-likeness (QED) is 0.726. The number of aromatic nitrogens is 2. The zero-order chi connectivity index (χ0) is 15.9. The Bertz CT molecular complexity index is 876. The van der Waals surface area contributed by atoms with Crippen LogP contribution in [0.5, 0.6) is 0 Å². The third-order valence-electron chi connectivity index (χ3n) is 5.18. The molecule has 5 nitrogen and oxygen atoms in total. The predicted octanol–water partition coefficient (Wildman–Crippen LogP) is 2.92. The summed E-state index contributed by atoms with van der Waals surface area (Å²) in [7, 11) is 0. The molecule has 0 N–H and O–H groups in total. The Balaban J connectivity index is 1.76. The molecule has 24 heavy (non-hydrogen) atoms. The van der Waals surface area contributed by atoms with Gasteiger partial charge in [-0.05, 0) is 37.1 Å². The highest BCUT2D eigenvalue weighted by molar-refractivity contribution is 5.87. The van der Waals surface area contributed by atoms with Crippen molar-refractivity contribution in [2.75, 3.05) is 49.2 Å². The Morgan fingerprint density at radius 2 is 1.58 bits per heavy atom. The minimum atomic E-state index is 0.778. The third-order valence-corrected chi connectivity index (χ3v) is 5.18. The van der Waals surface area contributed by atoms with Gasteiger partial charge in [0.05, 0.1) is 29.8 Å². The van der Waals surface area contributed by atoms with Gasteiger partial charge in [-0.15, -0.1) is 0 Å². The van der Waals surface area contributed by atoms with E-state index in [1.807, 2.05) is 0 Å². The van der Waals surface area contributed by atoms with Gasteiger partial charge in [0.2, 0.25) is 0 Å². The van der Waals surface area contributed by atoms with Crippen LogP contribution >= 0.6 is 0 Å². The average Bonchev–Trinajstić information content (AvgIpc) is 3.31. The zero-order valence-corrected chi connectivity index (χ0v) is 13.8. The van der Waals surface area contributed by atoms with Crippen LogP contribution < -0.4 is 9.80 Å². The summed E-state index contributed by atoms with van der Waals surface area (Å²) in [5.74, 6) is 2.39. The van der Waals surface area contributed by atoms with E-state index in [4.69, 9.17) is 9.72 Å². The maximum absolute atomic E-state index is 5.52. The highest BCUT2D eigenvalue weighted by Gasteiger charge is 2.22. The third kappa shape index (κ3) is 2.15. The van der Waals surface area contributed by atoms with Gasteiger partial charge in [0.15, 0.2) is 5.82 Å². The van der Waals surface area contributed by atoms with Crippen molar-refractivity contribution in [3.05, 3.63) is 36.4 Å². The van der Waals surface area contributed by atoms with E-state index >= 15 is 0 Å². The van der Waals surface area contributed by atoms with E-state index in [1.165, 1.54) is 29.7 Å². The van der Waals surface area contributed by atoms with Crippen molar-refractivity contribution in [1.29, 1.82) is 0 Å². The number of morpholine rings is 1. The summed E-state index contributed by atoms with van der Waals surface area (Å²) in [4.78, 5) is 9.86. The van der Waals surface area contributed by atoms with Crippen molar-refractivity contribution in [1.82, 2.24) is 9.38 Å². The molecular formula is C19H22N4O. The minimum Gasteiger partial charge on any atom is -0.378 e. The molecule has 3 aromatic rings. The summed E-state index contributed by atoms with van der Waals surface area (Å²) in [6.07, 6.45) is 2.57. The van der Waals surface area contributed by atoms with Gasteiger partial charge >= 0.3 is 0 Å². The number of hydrogen-bond donors (Lipinski definition) is 0. The van der Waals surface area contributed by atoms with Gasteiger partial charge in [0.1, 0.15) is 5.82 Å². The average molecular weight is 322 g/mol. The summed E-state index contributed by atoms with van der Waals surface area (Å²) < 4.78 is 7.92. The number of anilines is 2. The number of ether oxygens (including phenoxy) is 1. The van der Waals surface area contributed by atoms with Gasteiger partial charge in [-0.3, -0.25) is 4.40 Å². The van der Waals surface area contributed by atoms with Crippen molar-refractivity contribution < 1.29 is 4.74 Å². The minimum absolute atomic E-state index is 0.778. The van der Waals surface area contributed by atoms with Crippen molar-refractivity contribution in [3.63, 3.8) is 0 Å². The van der Waals surface area contributed by atoms with Crippen LogP contribution in [0.4, 0.5) is 11.6 Å². The van der Waals surface area contributed by atoms with Crippen LogP contribution in [0.3, 0.4) is 0 Å². The first-order chi connectivity index (χ1) is 11.9. The first-order valence-corrected chi connectivity index (χ1v) is 8.90. The molecule has 5 heteroatoms. The van der Waals surface area contributed by atoms with Crippen LogP contribution in [0.15, 0.2) is 36.4 Å². The molecule has 2 aliphatic rings. The van der Waals surface area contributed by atoms with Gasteiger partial charge in [0.25, 0.3) is 0 Å². The fraction of sp³-hybridized carbons (Fsp3) is 0.421. The van der Waals surface area contributed by atoms with Crippen LogP contribution in [0.1, 0.15) is 12.8 Å². The molecule has 0 atom stereocenters. The van der Waals surface area contributed by atoms with Crippen molar-refractivity contribution in [2.45, 2.75) is 12.8 Å². The molecule has 0 amide bonds. The van der Waals surface area contributed by atoms with E-state index in [-0.39, 0.29) is 0 Å². The predicted molar refractivity (Wildman–Crippen MR) is 97.2 cm³/mol. The van der Waals surface area contributed by atoms with E-state index in [2.05, 4.69) is 50.6 Å². The number of benzene rings is 1. The standard InChI is InChI=1S/C19H22N4O/c1-2-6-16-15(5-1)20-19(22-11-13-24-14-12-22)17-7-8-18(23(16)17)21-9-3-4-10-21/h1-2,5-8H,3-4,9-14H2. The van der Waals surface area contributed by atoms with Gasteiger partial charge in [-0.1, -0.05) is 12.1 Å². The summed E-state index contributed by atoms with van der Waals surface area (Å²) in [5, 5.41) is 0. The largest absolute Gasteiger partial charge is 0.378 e. The molecule has 2 aliphatic heterocycles. The highest BCUT2D eigenvalue weighted by atomic mass is 16.5. The van der Waals surface area contributed by atoms with Gasteiger partial charge in [-0.2, -0.15) is 0 Å². The van der Waals surface area contributed by atoms with Crippen LogP contribution in [0.25, 0.3) is 16.6 Å². The van der Waals surface area contributed by atoms with Gasteiger partial charge in [0, 0.05) is 26.2 Å². The molecular weight excluding hydrogens is 300 g/mol. The second-order valence-electron chi connectivity index (χ2n) is 6.63. The molecule has 0 unspecified atom stereocenters. The lowest BCUT2D eigenvalue weighted by atomic mass is 10.3. The van der Waals surface area contributed by atoms with Crippen molar-refractivity contribution >= 4 is 28.2 Å². The summed E-state index contributed by atoms with van der Waals surface area (Å²) in [6, 6.07) is 13.0. The lowest BCUT2D eigenvalue weighted by Crippen LogP contribution is -2.37. The van der Waals surface area contributed by atoms with Gasteiger partial charge in [-0.25, -0.2) is 4.98 Å². The normalized spacial score (nSPS) is 18.8. The number of nitrogens with zero attached hydrogens (tertiary/aromatic N) is 4. The second kappa shape index (κ2) is 5.67. The molecule has 2 fully saturated rings. The lowest BCUT2D eigenvalue weighted by molar-refractivity contribution is 0.122. The topological polar surface area (TPSA) is 33.0 Å². The van der Waals surface area contributed by atoms with Gasteiger partial charge < -0.3 is 14.5 Å². The van der Waals surface area contributed by atoms with E-state index in [0.29, 0.717) is 0 Å². The van der Waals surface area contributed by atoms with E-state index in [9.17, 15) is 0 Å². The highest BCUT2D eigenvalue weighted by Crippen LogP contribution is 2.32. The monoisotopic (exact) mass is 322 g/mol. The van der Waals surface area contributed by atoms with Crippen LogP contribution in [-0.2, 0) is 4.74 Å². The smallest absolute Gasteiger partial charge is 0.153 e. The summed E-state index contributed by atoms with van der Waals surface area (Å²) in [5.41, 5.74) is 3.46. The zero-order valence-electron chi connectivity index (χ0n) is 13.8. The molecule has 0 saturated carbocycles. The number of fused-ring (bicyclic) bond motifs is 3. The fourth-order valence-electron chi connectivity index (χ4n) is 3.97. The Kier molecular flexibility index (Phi) is 3.33. The summed E-state index contributed by atoms with van der Waals surface area (Å²) in [6.45, 7) is 5.67. The molecule has 4 heterocycles. The van der Waals surface area contributed by atoms with Crippen molar-refractivity contribution in [3.8, 4) is 0 Å². The fourth-order valence-corrected chi connectivity index (χ4v) is 3.97. The maximum atomic E-state index is 5.52. The molecule has 0 spiro atoms. The molecule has 124 valence electrons. The SMILES string of the molecule is c1ccc2c(c1)nc(N1CCOCC1)c1ccc(N3CCCC3)n12. The number of hydrogen-bond acceptors (Lipinski definition) is 4. The van der Waals surface area contributed by atoms with Crippen LogP contribution in [-0.4, -0.2) is 48.8 Å². The number of para-hydroxylation sites is 2. The molecule has 0 aliphatic carbocycles. The molecule has 0 bridgehead atoms. The molecule has 2 aromatic heterocycles. The Morgan fingerprint density at radius 3 is 2.42 bits per heavy atom. The van der Waals surface area contributed by atoms with E-state index in [1.54, 1.807) is 0 Å². The molecule has 1 aromatic carbocycles. The Morgan fingerprint density at radius 1 is 0.792 bits per heavy atom. The first-order valence-electron chi connectivity index (χ1n) is 8.90. The maximum Gasteiger partial charge on any atom is 0.153 e. The summed E-state index contributed by atoms with van der Waals surface area (Å²) >= 11 is 0. The Labute approximate surface area is 141 Å². The van der Waals surface area contributed by atoms with Crippen LogP contribution in [0, 0.1) is 0 Å².